The van der Waals surface area contributed by atoms with E-state index in [1.54, 1.807) is 18.4 Å². The molecule has 0 unspecified atom stereocenters. The van der Waals surface area contributed by atoms with E-state index in [0.717, 1.165) is 33.3 Å². The molecule has 4 rings (SSSR count). The second-order valence-electron chi connectivity index (χ2n) is 7.62. The molecule has 0 radical (unpaired) electrons. The van der Waals surface area contributed by atoms with Crippen LogP contribution in [0.15, 0.2) is 64.4 Å². The SMILES string of the molecule is COc1cc(CNCc2ccc(-c3ccc(Cl)cc3)o2)ccc1OCc1csc(C)n1.O=C(O)C(=O)O. The van der Waals surface area contributed by atoms with Gasteiger partial charge in [0.15, 0.2) is 11.5 Å². The summed E-state index contributed by atoms with van der Waals surface area (Å²) >= 11 is 7.57. The summed E-state index contributed by atoms with van der Waals surface area (Å²) in [5.41, 5.74) is 3.02. The summed E-state index contributed by atoms with van der Waals surface area (Å²) in [6.07, 6.45) is 0. The zero-order chi connectivity index (χ0) is 26.8. The van der Waals surface area contributed by atoms with Gasteiger partial charge in [-0.3, -0.25) is 0 Å². The molecule has 0 saturated heterocycles. The second kappa shape index (κ2) is 13.4. The molecule has 2 heterocycles. The average molecular weight is 545 g/mol. The lowest BCUT2D eigenvalue weighted by atomic mass is 10.2. The van der Waals surface area contributed by atoms with Crippen LogP contribution in [0.4, 0.5) is 0 Å². The number of aliphatic carboxylic acids is 2. The summed E-state index contributed by atoms with van der Waals surface area (Å²) in [7, 11) is 1.65. The predicted molar refractivity (Wildman–Crippen MR) is 139 cm³/mol. The number of nitrogens with zero attached hydrogens (tertiary/aromatic N) is 1. The van der Waals surface area contributed by atoms with Crippen molar-refractivity contribution in [3.63, 3.8) is 0 Å². The zero-order valence-electron chi connectivity index (χ0n) is 20.1. The Morgan fingerprint density at radius 3 is 2.38 bits per heavy atom. The van der Waals surface area contributed by atoms with Crippen LogP contribution in [0.5, 0.6) is 11.5 Å². The number of rotatable bonds is 9. The minimum Gasteiger partial charge on any atom is -0.493 e. The molecule has 0 atom stereocenters. The van der Waals surface area contributed by atoms with Crippen molar-refractivity contribution in [3.8, 4) is 22.8 Å². The molecule has 0 aliphatic carbocycles. The van der Waals surface area contributed by atoms with E-state index < -0.39 is 11.9 Å². The lowest BCUT2D eigenvalue weighted by Gasteiger charge is -2.12. The maximum Gasteiger partial charge on any atom is 0.414 e. The highest BCUT2D eigenvalue weighted by Gasteiger charge is 2.09. The Morgan fingerprint density at radius 1 is 1.03 bits per heavy atom. The van der Waals surface area contributed by atoms with Crippen LogP contribution in [0.1, 0.15) is 22.0 Å². The topological polar surface area (TPSA) is 131 Å². The van der Waals surface area contributed by atoms with E-state index in [4.69, 9.17) is 45.3 Å². The van der Waals surface area contributed by atoms with Gasteiger partial charge in [-0.2, -0.15) is 0 Å². The van der Waals surface area contributed by atoms with Gasteiger partial charge >= 0.3 is 11.9 Å². The highest BCUT2D eigenvalue weighted by molar-refractivity contribution is 7.09. The van der Waals surface area contributed by atoms with Gasteiger partial charge in [-0.25, -0.2) is 14.6 Å². The Balaban J connectivity index is 0.000000568. The summed E-state index contributed by atoms with van der Waals surface area (Å²) in [6, 6.07) is 17.5. The molecule has 2 aromatic heterocycles. The van der Waals surface area contributed by atoms with E-state index in [1.807, 2.05) is 66.9 Å². The quantitative estimate of drug-likeness (QED) is 0.237. The Hall–Kier alpha value is -3.86. The number of thiazole rings is 1. The van der Waals surface area contributed by atoms with E-state index in [1.165, 1.54) is 0 Å². The number of halogens is 1. The van der Waals surface area contributed by atoms with E-state index >= 15 is 0 Å². The average Bonchev–Trinajstić information content (AvgIpc) is 3.53. The van der Waals surface area contributed by atoms with Gasteiger partial charge in [0.1, 0.15) is 18.1 Å². The molecule has 194 valence electrons. The van der Waals surface area contributed by atoms with E-state index in [2.05, 4.69) is 10.3 Å². The fourth-order valence-electron chi connectivity index (χ4n) is 3.14. The van der Waals surface area contributed by atoms with Gasteiger partial charge < -0.3 is 29.4 Å². The molecule has 4 aromatic rings. The van der Waals surface area contributed by atoms with Gasteiger partial charge in [0.05, 0.1) is 24.4 Å². The van der Waals surface area contributed by atoms with Crippen molar-refractivity contribution in [1.29, 1.82) is 0 Å². The Kier molecular flexibility index (Phi) is 10.1. The number of benzene rings is 2. The maximum atomic E-state index is 9.10. The van der Waals surface area contributed by atoms with Crippen molar-refractivity contribution < 1.29 is 33.7 Å². The summed E-state index contributed by atoms with van der Waals surface area (Å²) in [5, 5.41) is 21.9. The van der Waals surface area contributed by atoms with Crippen LogP contribution in [-0.2, 0) is 29.3 Å². The highest BCUT2D eigenvalue weighted by atomic mass is 35.5. The number of aryl methyl sites for hydroxylation is 1. The second-order valence-corrected chi connectivity index (χ2v) is 9.12. The molecule has 0 spiro atoms. The minimum absolute atomic E-state index is 0.423. The van der Waals surface area contributed by atoms with E-state index in [0.29, 0.717) is 36.2 Å². The third-order valence-electron chi connectivity index (χ3n) is 4.87. The molecule has 2 aromatic carbocycles. The van der Waals surface area contributed by atoms with Crippen molar-refractivity contribution in [2.75, 3.05) is 7.11 Å². The van der Waals surface area contributed by atoms with Gasteiger partial charge in [0.2, 0.25) is 0 Å². The number of methoxy groups -OCH3 is 1. The summed E-state index contributed by atoms with van der Waals surface area (Å²) in [4.78, 5) is 22.6. The number of hydrogen-bond acceptors (Lipinski definition) is 8. The van der Waals surface area contributed by atoms with Crippen LogP contribution in [0.3, 0.4) is 0 Å². The van der Waals surface area contributed by atoms with Gasteiger partial charge in [0.25, 0.3) is 0 Å². The number of aromatic nitrogens is 1. The summed E-state index contributed by atoms with van der Waals surface area (Å²) in [5.74, 6) is -0.544. The van der Waals surface area contributed by atoms with Gasteiger partial charge in [-0.05, 0) is 61.0 Å². The number of furan rings is 1. The van der Waals surface area contributed by atoms with Gasteiger partial charge in [0, 0.05) is 22.5 Å². The number of ether oxygens (including phenoxy) is 2. The number of carbonyl (C=O) groups is 2. The van der Waals surface area contributed by atoms with E-state index in [-0.39, 0.29) is 0 Å². The first-order chi connectivity index (χ1) is 17.7. The monoisotopic (exact) mass is 544 g/mol. The third kappa shape index (κ3) is 8.64. The Morgan fingerprint density at radius 2 is 1.76 bits per heavy atom. The van der Waals surface area contributed by atoms with Gasteiger partial charge in [-0.15, -0.1) is 11.3 Å². The maximum absolute atomic E-state index is 9.10. The number of hydrogen-bond donors (Lipinski definition) is 3. The molecular weight excluding hydrogens is 520 g/mol. The molecule has 37 heavy (non-hydrogen) atoms. The summed E-state index contributed by atoms with van der Waals surface area (Å²) in [6.45, 7) is 3.71. The van der Waals surface area contributed by atoms with Crippen molar-refractivity contribution in [2.45, 2.75) is 26.6 Å². The molecule has 0 aliphatic heterocycles. The standard InChI is InChI=1S/C24H23ClN2O3S.C2H2O4/c1-16-27-20(15-31-16)14-29-23-9-3-17(11-24(23)28-2)12-26-13-21-8-10-22(30-21)18-4-6-19(25)7-5-18;3-1(4)2(5)6/h3-11,15,26H,12-14H2,1-2H3;(H,3,4)(H,5,6). The first-order valence-electron chi connectivity index (χ1n) is 11.0. The smallest absolute Gasteiger partial charge is 0.414 e. The molecule has 0 fully saturated rings. The normalized spacial score (nSPS) is 10.4. The molecule has 0 bridgehead atoms. The van der Waals surface area contributed by atoms with Crippen LogP contribution < -0.4 is 14.8 Å². The van der Waals surface area contributed by atoms with Crippen LogP contribution in [-0.4, -0.2) is 34.2 Å². The van der Waals surface area contributed by atoms with Crippen LogP contribution in [0.25, 0.3) is 11.3 Å². The molecule has 9 nitrogen and oxygen atoms in total. The molecule has 0 saturated carbocycles. The van der Waals surface area contributed by atoms with Gasteiger partial charge in [-0.1, -0.05) is 17.7 Å². The molecule has 11 heteroatoms. The fourth-order valence-corrected chi connectivity index (χ4v) is 3.86. The minimum atomic E-state index is -1.82. The molecule has 0 amide bonds. The Bertz CT molecular complexity index is 1320. The van der Waals surface area contributed by atoms with Crippen molar-refractivity contribution in [3.05, 3.63) is 87.0 Å². The molecular formula is C26H25ClN2O7S. The fraction of sp³-hybridized carbons (Fsp3) is 0.192. The first kappa shape index (κ1) is 27.7. The summed E-state index contributed by atoms with van der Waals surface area (Å²) < 4.78 is 17.3. The van der Waals surface area contributed by atoms with E-state index in [9.17, 15) is 0 Å². The lowest BCUT2D eigenvalue weighted by molar-refractivity contribution is -0.159. The Labute approximate surface area is 222 Å². The third-order valence-corrected chi connectivity index (χ3v) is 5.95. The van der Waals surface area contributed by atoms with Crippen molar-refractivity contribution >= 4 is 34.9 Å². The molecule has 0 aliphatic rings. The van der Waals surface area contributed by atoms with Crippen LogP contribution in [0, 0.1) is 6.92 Å². The first-order valence-corrected chi connectivity index (χ1v) is 12.2. The zero-order valence-corrected chi connectivity index (χ0v) is 21.6. The van der Waals surface area contributed by atoms with Crippen molar-refractivity contribution in [2.24, 2.45) is 0 Å². The largest absolute Gasteiger partial charge is 0.493 e. The lowest BCUT2D eigenvalue weighted by Crippen LogP contribution is -2.12. The van der Waals surface area contributed by atoms with Crippen molar-refractivity contribution in [1.82, 2.24) is 10.3 Å². The highest BCUT2D eigenvalue weighted by Crippen LogP contribution is 2.29. The van der Waals surface area contributed by atoms with Crippen LogP contribution in [0.2, 0.25) is 5.02 Å². The number of nitrogens with one attached hydrogen (secondary N) is 1. The number of carboxylic acid groups (broad SMARTS) is 2. The molecule has 3 N–H and O–H groups in total. The number of carboxylic acids is 2. The predicted octanol–water partition coefficient (Wildman–Crippen LogP) is 5.40. The van der Waals surface area contributed by atoms with Crippen LogP contribution >= 0.6 is 22.9 Å².